The smallest absolute Gasteiger partial charge is 0.274 e. The summed E-state index contributed by atoms with van der Waals surface area (Å²) >= 11 is 0. The van der Waals surface area contributed by atoms with Crippen LogP contribution in [0.5, 0.6) is 0 Å². The molecule has 132 valence electrons. The summed E-state index contributed by atoms with van der Waals surface area (Å²) in [5.41, 5.74) is 1.61. The van der Waals surface area contributed by atoms with Crippen molar-refractivity contribution in [3.8, 4) is 0 Å². The van der Waals surface area contributed by atoms with Crippen LogP contribution in [0.25, 0.3) is 0 Å². The van der Waals surface area contributed by atoms with Gasteiger partial charge in [-0.3, -0.25) is 14.7 Å². The Hall–Kier alpha value is -2.54. The number of carbonyl (C=O) groups is 1. The summed E-state index contributed by atoms with van der Waals surface area (Å²) in [4.78, 5) is 31.3. The van der Waals surface area contributed by atoms with Crippen LogP contribution in [-0.4, -0.2) is 70.9 Å². The fourth-order valence-electron chi connectivity index (χ4n) is 2.94. The number of anilines is 1. The van der Waals surface area contributed by atoms with Crippen LogP contribution in [0.15, 0.2) is 36.9 Å². The average molecular weight is 340 g/mol. The highest BCUT2D eigenvalue weighted by atomic mass is 16.2. The molecule has 7 heteroatoms. The maximum Gasteiger partial charge on any atom is 0.274 e. The van der Waals surface area contributed by atoms with Gasteiger partial charge >= 0.3 is 0 Å². The Morgan fingerprint density at radius 3 is 2.64 bits per heavy atom. The first kappa shape index (κ1) is 17.3. The van der Waals surface area contributed by atoms with Crippen LogP contribution in [0.3, 0.4) is 0 Å². The molecule has 0 aromatic carbocycles. The molecule has 0 bridgehead atoms. The fraction of sp³-hybridized carbons (Fsp3) is 0.444. The molecule has 3 rings (SSSR count). The van der Waals surface area contributed by atoms with Crippen LogP contribution < -0.4 is 4.90 Å². The number of nitrogens with zero attached hydrogens (tertiary/aromatic N) is 6. The minimum atomic E-state index is -0.0352. The molecule has 1 aliphatic heterocycles. The van der Waals surface area contributed by atoms with Crippen molar-refractivity contribution < 1.29 is 4.79 Å². The van der Waals surface area contributed by atoms with Crippen LogP contribution in [0.4, 0.5) is 5.82 Å². The zero-order valence-corrected chi connectivity index (χ0v) is 14.8. The SMILES string of the molecule is CN(C)c1ccc(CN2CCCN(C(=O)c3cnccn3)CC2)cn1. The number of pyridine rings is 1. The van der Waals surface area contributed by atoms with Gasteiger partial charge in [0.2, 0.25) is 0 Å². The fourth-order valence-corrected chi connectivity index (χ4v) is 2.94. The molecule has 0 saturated carbocycles. The first-order valence-corrected chi connectivity index (χ1v) is 8.53. The van der Waals surface area contributed by atoms with E-state index in [1.807, 2.05) is 36.2 Å². The third-order valence-corrected chi connectivity index (χ3v) is 4.33. The molecule has 7 nitrogen and oxygen atoms in total. The van der Waals surface area contributed by atoms with Gasteiger partial charge in [0, 0.05) is 65.4 Å². The lowest BCUT2D eigenvalue weighted by Gasteiger charge is -2.22. The van der Waals surface area contributed by atoms with Gasteiger partial charge in [-0.1, -0.05) is 6.07 Å². The molecule has 0 atom stereocenters. The zero-order chi connectivity index (χ0) is 17.6. The number of aromatic nitrogens is 3. The molecule has 2 aromatic heterocycles. The molecule has 2 aromatic rings. The van der Waals surface area contributed by atoms with Crippen molar-refractivity contribution in [1.29, 1.82) is 0 Å². The lowest BCUT2D eigenvalue weighted by molar-refractivity contribution is 0.0754. The first-order chi connectivity index (χ1) is 12.1. The van der Waals surface area contributed by atoms with Gasteiger partial charge in [-0.15, -0.1) is 0 Å². The monoisotopic (exact) mass is 340 g/mol. The van der Waals surface area contributed by atoms with E-state index >= 15 is 0 Å². The molecule has 1 aliphatic rings. The molecule has 1 saturated heterocycles. The largest absolute Gasteiger partial charge is 0.363 e. The van der Waals surface area contributed by atoms with E-state index in [0.29, 0.717) is 12.2 Å². The number of amides is 1. The molecule has 1 fully saturated rings. The second kappa shape index (κ2) is 8.02. The minimum absolute atomic E-state index is 0.0352. The van der Waals surface area contributed by atoms with E-state index in [1.165, 1.54) is 11.8 Å². The van der Waals surface area contributed by atoms with E-state index in [0.717, 1.165) is 38.4 Å². The summed E-state index contributed by atoms with van der Waals surface area (Å²) < 4.78 is 0. The molecule has 0 spiro atoms. The molecule has 25 heavy (non-hydrogen) atoms. The van der Waals surface area contributed by atoms with E-state index in [4.69, 9.17) is 0 Å². The molecule has 0 N–H and O–H groups in total. The zero-order valence-electron chi connectivity index (χ0n) is 14.8. The molecular formula is C18H24N6O. The maximum atomic E-state index is 12.5. The summed E-state index contributed by atoms with van der Waals surface area (Å²) in [6.07, 6.45) is 7.55. The van der Waals surface area contributed by atoms with Crippen molar-refractivity contribution >= 4 is 11.7 Å². The second-order valence-corrected chi connectivity index (χ2v) is 6.43. The molecule has 1 amide bonds. The lowest BCUT2D eigenvalue weighted by atomic mass is 10.2. The van der Waals surface area contributed by atoms with E-state index in [1.54, 1.807) is 12.4 Å². The van der Waals surface area contributed by atoms with Crippen molar-refractivity contribution in [1.82, 2.24) is 24.8 Å². The molecule has 0 aliphatic carbocycles. The van der Waals surface area contributed by atoms with Gasteiger partial charge < -0.3 is 9.80 Å². The van der Waals surface area contributed by atoms with Gasteiger partial charge in [-0.25, -0.2) is 9.97 Å². The summed E-state index contributed by atoms with van der Waals surface area (Å²) in [6, 6.07) is 4.16. The highest BCUT2D eigenvalue weighted by molar-refractivity contribution is 5.91. The van der Waals surface area contributed by atoms with Crippen molar-refractivity contribution in [3.05, 3.63) is 48.2 Å². The van der Waals surface area contributed by atoms with Gasteiger partial charge in [0.15, 0.2) is 0 Å². The third-order valence-electron chi connectivity index (χ3n) is 4.33. The van der Waals surface area contributed by atoms with E-state index in [2.05, 4.69) is 25.9 Å². The van der Waals surface area contributed by atoms with Crippen molar-refractivity contribution in [3.63, 3.8) is 0 Å². The Labute approximate surface area is 148 Å². The quantitative estimate of drug-likeness (QED) is 0.835. The lowest BCUT2D eigenvalue weighted by Crippen LogP contribution is -2.35. The predicted molar refractivity (Wildman–Crippen MR) is 96.4 cm³/mol. The topological polar surface area (TPSA) is 65.5 Å². The van der Waals surface area contributed by atoms with Crippen molar-refractivity contribution in [2.75, 3.05) is 45.2 Å². The van der Waals surface area contributed by atoms with Crippen LogP contribution in [0, 0.1) is 0 Å². The van der Waals surface area contributed by atoms with Crippen LogP contribution in [0.2, 0.25) is 0 Å². The van der Waals surface area contributed by atoms with Gasteiger partial charge in [0.05, 0.1) is 6.20 Å². The third kappa shape index (κ3) is 4.51. The summed E-state index contributed by atoms with van der Waals surface area (Å²) in [7, 11) is 3.97. The molecule has 0 unspecified atom stereocenters. The van der Waals surface area contributed by atoms with Crippen LogP contribution >= 0.6 is 0 Å². The van der Waals surface area contributed by atoms with Crippen LogP contribution in [-0.2, 0) is 6.54 Å². The second-order valence-electron chi connectivity index (χ2n) is 6.43. The maximum absolute atomic E-state index is 12.5. The van der Waals surface area contributed by atoms with E-state index in [-0.39, 0.29) is 5.91 Å². The first-order valence-electron chi connectivity index (χ1n) is 8.53. The number of rotatable bonds is 4. The predicted octanol–water partition coefficient (Wildman–Crippen LogP) is 1.29. The molecule has 0 radical (unpaired) electrons. The normalized spacial score (nSPS) is 15.7. The van der Waals surface area contributed by atoms with E-state index in [9.17, 15) is 4.79 Å². The highest BCUT2D eigenvalue weighted by Gasteiger charge is 2.21. The van der Waals surface area contributed by atoms with Gasteiger partial charge in [-0.2, -0.15) is 0 Å². The van der Waals surface area contributed by atoms with Crippen molar-refractivity contribution in [2.24, 2.45) is 0 Å². The number of hydrogen-bond acceptors (Lipinski definition) is 6. The summed E-state index contributed by atoms with van der Waals surface area (Å²) in [6.45, 7) is 4.14. The molecular weight excluding hydrogens is 316 g/mol. The van der Waals surface area contributed by atoms with Crippen LogP contribution in [0.1, 0.15) is 22.5 Å². The Kier molecular flexibility index (Phi) is 5.55. The van der Waals surface area contributed by atoms with Gasteiger partial charge in [0.1, 0.15) is 11.5 Å². The Balaban J connectivity index is 1.57. The summed E-state index contributed by atoms with van der Waals surface area (Å²) in [5, 5.41) is 0. The average Bonchev–Trinajstić information content (AvgIpc) is 2.88. The Morgan fingerprint density at radius 2 is 1.96 bits per heavy atom. The molecule has 3 heterocycles. The van der Waals surface area contributed by atoms with Gasteiger partial charge in [0.25, 0.3) is 5.91 Å². The number of hydrogen-bond donors (Lipinski definition) is 0. The Bertz CT molecular complexity index is 688. The van der Waals surface area contributed by atoms with Crippen molar-refractivity contribution in [2.45, 2.75) is 13.0 Å². The van der Waals surface area contributed by atoms with Gasteiger partial charge in [-0.05, 0) is 18.1 Å². The number of carbonyl (C=O) groups excluding carboxylic acids is 1. The highest BCUT2D eigenvalue weighted by Crippen LogP contribution is 2.13. The standard InChI is InChI=1S/C18H24N6O/c1-22(2)17-5-4-15(12-21-17)14-23-8-3-9-24(11-10-23)18(25)16-13-19-6-7-20-16/h4-7,12-13H,3,8-11,14H2,1-2H3. The minimum Gasteiger partial charge on any atom is -0.363 e. The van der Waals surface area contributed by atoms with E-state index < -0.39 is 0 Å². The summed E-state index contributed by atoms with van der Waals surface area (Å²) in [5.74, 6) is 0.923. The Morgan fingerprint density at radius 1 is 1.08 bits per heavy atom.